The molecule has 3 aliphatic heterocycles. The maximum Gasteiger partial charge on any atom is 0.324 e. The van der Waals surface area contributed by atoms with Gasteiger partial charge >= 0.3 is 6.01 Å². The number of halogens is 2. The van der Waals surface area contributed by atoms with Crippen molar-refractivity contribution < 1.29 is 22.8 Å². The largest absolute Gasteiger partial charge is 0.370 e. The first-order valence-electron chi connectivity index (χ1n) is 13.6. The number of anilines is 2. The fraction of sp³-hybridized carbons (Fsp3) is 0.519. The molecule has 0 spiro atoms. The minimum absolute atomic E-state index is 0.0440. The number of benzene rings is 1. The van der Waals surface area contributed by atoms with E-state index in [-0.39, 0.29) is 23.6 Å². The van der Waals surface area contributed by atoms with Crippen molar-refractivity contribution in [2.24, 2.45) is 5.73 Å². The first kappa shape index (κ1) is 26.5. The zero-order valence-electron chi connectivity index (χ0n) is 22.2. The van der Waals surface area contributed by atoms with Gasteiger partial charge in [0.15, 0.2) is 0 Å². The number of hydrogen-bond acceptors (Lipinski definition) is 10. The molecule has 3 atom stereocenters. The summed E-state index contributed by atoms with van der Waals surface area (Å²) in [5.41, 5.74) is 6.89. The molecule has 0 bridgehead atoms. The van der Waals surface area contributed by atoms with Gasteiger partial charge < -0.3 is 29.7 Å². The Labute approximate surface area is 230 Å². The van der Waals surface area contributed by atoms with E-state index in [0.717, 1.165) is 44.4 Å². The van der Waals surface area contributed by atoms with E-state index in [1.165, 1.54) is 18.5 Å². The molecule has 0 unspecified atom stereocenters. The molecule has 0 saturated carbocycles. The van der Waals surface area contributed by atoms with Crippen LogP contribution in [-0.4, -0.2) is 82.8 Å². The molecule has 2 aromatic heterocycles. The van der Waals surface area contributed by atoms with Crippen molar-refractivity contribution in [3.8, 4) is 0 Å². The summed E-state index contributed by atoms with van der Waals surface area (Å²) in [6.45, 7) is 2.84. The van der Waals surface area contributed by atoms with Gasteiger partial charge in [0.25, 0.3) is 5.91 Å². The molecule has 13 heteroatoms. The minimum Gasteiger partial charge on any atom is -0.370 e. The lowest BCUT2D eigenvalue weighted by Gasteiger charge is -2.35. The standard InChI is InChI=1S/C27H32F2N8O3/c1-35(18-6-8-36(9-7-18)27-33-24(34-40-27)23-3-2-10-39-23)25(38)16-12-31-26(32-13-16)37-14-20(22(30)15-37)19-11-17(28)4-5-21(19)29/h4-5,11-13,18,20,22-23H,2-3,6-10,14-15,30H2,1H3/t20-,22+,23+/m1/s1. The smallest absolute Gasteiger partial charge is 0.324 e. The van der Waals surface area contributed by atoms with Gasteiger partial charge in [-0.15, -0.1) is 0 Å². The van der Waals surface area contributed by atoms with Crippen LogP contribution in [0.5, 0.6) is 0 Å². The van der Waals surface area contributed by atoms with Gasteiger partial charge in [-0.25, -0.2) is 18.7 Å². The molecule has 3 aliphatic rings. The number of hydrogen-bond donors (Lipinski definition) is 1. The lowest BCUT2D eigenvalue weighted by Crippen LogP contribution is -2.45. The predicted octanol–water partition coefficient (Wildman–Crippen LogP) is 2.66. The molecule has 1 amide bonds. The van der Waals surface area contributed by atoms with E-state index >= 15 is 0 Å². The van der Waals surface area contributed by atoms with Crippen molar-refractivity contribution in [2.75, 3.05) is 49.6 Å². The summed E-state index contributed by atoms with van der Waals surface area (Å²) >= 11 is 0. The Morgan fingerprint density at radius 1 is 1.10 bits per heavy atom. The first-order valence-corrected chi connectivity index (χ1v) is 13.6. The molecular weight excluding hydrogens is 522 g/mol. The van der Waals surface area contributed by atoms with Crippen LogP contribution in [0.25, 0.3) is 0 Å². The number of nitrogens with two attached hydrogens (primary N) is 1. The van der Waals surface area contributed by atoms with E-state index in [1.807, 2.05) is 9.80 Å². The van der Waals surface area contributed by atoms with Crippen LogP contribution in [0.4, 0.5) is 20.7 Å². The molecule has 40 heavy (non-hydrogen) atoms. The Morgan fingerprint density at radius 2 is 1.88 bits per heavy atom. The molecule has 1 aromatic carbocycles. The summed E-state index contributed by atoms with van der Waals surface area (Å²) in [7, 11) is 1.79. The zero-order valence-corrected chi connectivity index (χ0v) is 22.2. The van der Waals surface area contributed by atoms with Crippen molar-refractivity contribution in [3.05, 3.63) is 59.2 Å². The highest BCUT2D eigenvalue weighted by atomic mass is 19.1. The number of ether oxygens (including phenoxy) is 1. The van der Waals surface area contributed by atoms with E-state index in [0.29, 0.717) is 49.5 Å². The average Bonchev–Trinajstić information content (AvgIpc) is 3.75. The third-order valence-corrected chi connectivity index (χ3v) is 8.14. The van der Waals surface area contributed by atoms with Gasteiger partial charge in [-0.1, -0.05) is 5.16 Å². The van der Waals surface area contributed by atoms with Crippen molar-refractivity contribution in [2.45, 2.75) is 49.8 Å². The van der Waals surface area contributed by atoms with Crippen molar-refractivity contribution in [1.82, 2.24) is 25.0 Å². The van der Waals surface area contributed by atoms with E-state index in [2.05, 4.69) is 20.1 Å². The van der Waals surface area contributed by atoms with Crippen LogP contribution in [0.2, 0.25) is 0 Å². The van der Waals surface area contributed by atoms with E-state index in [9.17, 15) is 13.6 Å². The second-order valence-electron chi connectivity index (χ2n) is 10.7. The number of carbonyl (C=O) groups is 1. The molecule has 11 nitrogen and oxygen atoms in total. The molecule has 0 radical (unpaired) electrons. The second-order valence-corrected chi connectivity index (χ2v) is 10.7. The Hall–Kier alpha value is -3.71. The van der Waals surface area contributed by atoms with Gasteiger partial charge in [0.2, 0.25) is 11.8 Å². The predicted molar refractivity (Wildman–Crippen MR) is 141 cm³/mol. The summed E-state index contributed by atoms with van der Waals surface area (Å²) in [5.74, 6) is -0.565. The summed E-state index contributed by atoms with van der Waals surface area (Å²) < 4.78 is 39.2. The van der Waals surface area contributed by atoms with Gasteiger partial charge in [0.05, 0.1) is 5.56 Å². The highest BCUT2D eigenvalue weighted by Gasteiger charge is 2.35. The molecule has 6 rings (SSSR count). The van der Waals surface area contributed by atoms with Gasteiger partial charge in [-0.2, -0.15) is 4.98 Å². The third kappa shape index (κ3) is 5.22. The Kier molecular flexibility index (Phi) is 7.32. The van der Waals surface area contributed by atoms with Crippen LogP contribution in [0.3, 0.4) is 0 Å². The van der Waals surface area contributed by atoms with Crippen LogP contribution in [0.1, 0.15) is 59.5 Å². The SMILES string of the molecule is CN(C(=O)c1cnc(N2C[C@H](c3cc(F)ccc3F)[C@@H](N)C2)nc1)C1CCN(c2nc([C@@H]3CCCO3)no2)CC1. The molecule has 212 valence electrons. The van der Waals surface area contributed by atoms with Crippen molar-refractivity contribution in [3.63, 3.8) is 0 Å². The lowest BCUT2D eigenvalue weighted by molar-refractivity contribution is 0.0707. The van der Waals surface area contributed by atoms with Crippen LogP contribution in [-0.2, 0) is 4.74 Å². The number of rotatable bonds is 6. The molecular formula is C27H32F2N8O3. The monoisotopic (exact) mass is 554 g/mol. The Balaban J connectivity index is 1.04. The number of amides is 1. The molecule has 0 aliphatic carbocycles. The quantitative estimate of drug-likeness (QED) is 0.486. The zero-order chi connectivity index (χ0) is 27.8. The topological polar surface area (TPSA) is 127 Å². The minimum atomic E-state index is -0.505. The van der Waals surface area contributed by atoms with Crippen LogP contribution < -0.4 is 15.5 Å². The lowest BCUT2D eigenvalue weighted by atomic mass is 9.94. The normalized spacial score (nSPS) is 23.6. The van der Waals surface area contributed by atoms with Crippen molar-refractivity contribution >= 4 is 17.9 Å². The summed E-state index contributed by atoms with van der Waals surface area (Å²) in [6.07, 6.45) is 6.32. The van der Waals surface area contributed by atoms with Crippen LogP contribution in [0.15, 0.2) is 35.1 Å². The molecule has 2 N–H and O–H groups in total. The fourth-order valence-corrected chi connectivity index (χ4v) is 5.80. The van der Waals surface area contributed by atoms with Gasteiger partial charge in [-0.3, -0.25) is 4.79 Å². The van der Waals surface area contributed by atoms with Crippen LogP contribution >= 0.6 is 0 Å². The first-order chi connectivity index (χ1) is 19.4. The van der Waals surface area contributed by atoms with E-state index in [4.69, 9.17) is 15.0 Å². The number of carbonyl (C=O) groups excluding carboxylic acids is 1. The third-order valence-electron chi connectivity index (χ3n) is 8.14. The van der Waals surface area contributed by atoms with Crippen LogP contribution in [0, 0.1) is 11.6 Å². The number of aromatic nitrogens is 4. The fourth-order valence-electron chi connectivity index (χ4n) is 5.80. The maximum absolute atomic E-state index is 14.3. The highest BCUT2D eigenvalue weighted by molar-refractivity contribution is 5.93. The summed E-state index contributed by atoms with van der Waals surface area (Å²) in [5, 5.41) is 4.09. The van der Waals surface area contributed by atoms with Crippen molar-refractivity contribution in [1.29, 1.82) is 0 Å². The average molecular weight is 555 g/mol. The number of piperidine rings is 1. The number of nitrogens with zero attached hydrogens (tertiary/aromatic N) is 7. The molecule has 3 saturated heterocycles. The molecule has 5 heterocycles. The van der Waals surface area contributed by atoms with Gasteiger partial charge in [0, 0.05) is 70.2 Å². The maximum atomic E-state index is 14.3. The Bertz CT molecular complexity index is 1340. The molecule has 3 fully saturated rings. The highest BCUT2D eigenvalue weighted by Crippen LogP contribution is 2.31. The van der Waals surface area contributed by atoms with Gasteiger partial charge in [-0.05, 0) is 49.4 Å². The van der Waals surface area contributed by atoms with E-state index < -0.39 is 23.6 Å². The van der Waals surface area contributed by atoms with Gasteiger partial charge in [0.1, 0.15) is 17.7 Å². The molecule has 3 aromatic rings. The van der Waals surface area contributed by atoms with E-state index in [1.54, 1.807) is 11.9 Å². The Morgan fingerprint density at radius 3 is 2.60 bits per heavy atom. The summed E-state index contributed by atoms with van der Waals surface area (Å²) in [6, 6.07) is 3.52. The summed E-state index contributed by atoms with van der Waals surface area (Å²) in [4.78, 5) is 32.1. The second kappa shape index (κ2) is 11.0.